The van der Waals surface area contributed by atoms with Gasteiger partial charge in [0, 0.05) is 4.91 Å². The Kier molecular flexibility index (Phi) is 7.21. The Morgan fingerprint density at radius 2 is 1.95 bits per heavy atom. The molecule has 23 heteroatoms. The molecule has 2 fully saturated rings. The van der Waals surface area contributed by atoms with Crippen LogP contribution in [-0.2, 0) is 27.2 Å². The molecule has 4 aliphatic heterocycles. The van der Waals surface area contributed by atoms with Gasteiger partial charge in [-0.3, -0.25) is 13.7 Å². The highest BCUT2D eigenvalue weighted by atomic mass is 32.2. The van der Waals surface area contributed by atoms with Gasteiger partial charge in [-0.25, -0.2) is 18.4 Å². The first-order valence-electron chi connectivity index (χ1n) is 10.6. The number of hydrogen-bond donors (Lipinski definition) is 6. The van der Waals surface area contributed by atoms with Crippen molar-refractivity contribution >= 4 is 50.3 Å². The van der Waals surface area contributed by atoms with E-state index in [2.05, 4.69) is 33.4 Å². The number of phosphoric ester groups is 2. The molecule has 10 atom stereocenters. The number of nitrogens with two attached hydrogens (primary N) is 1. The van der Waals surface area contributed by atoms with Crippen LogP contribution < -0.4 is 15.2 Å². The van der Waals surface area contributed by atoms with Crippen LogP contribution in [0.25, 0.3) is 21.6 Å². The van der Waals surface area contributed by atoms with Crippen LogP contribution in [0.3, 0.4) is 0 Å². The van der Waals surface area contributed by atoms with Crippen LogP contribution in [0.4, 0.5) is 11.8 Å². The Bertz CT molecular complexity index is 1410. The first-order chi connectivity index (χ1) is 17.8. The monoisotopic (exact) mass is 598 g/mol. The zero-order valence-electron chi connectivity index (χ0n) is 18.7. The van der Waals surface area contributed by atoms with E-state index in [1.54, 1.807) is 0 Å². The molecule has 6 rings (SSSR count). The molecule has 7 N–H and O–H groups in total. The van der Waals surface area contributed by atoms with Crippen molar-refractivity contribution in [3.05, 3.63) is 16.8 Å². The van der Waals surface area contributed by atoms with Gasteiger partial charge < -0.3 is 45.2 Å². The maximum atomic E-state index is 12.2. The molecule has 0 aliphatic carbocycles. The van der Waals surface area contributed by atoms with Crippen molar-refractivity contribution < 1.29 is 62.0 Å². The van der Waals surface area contributed by atoms with E-state index in [0.29, 0.717) is 0 Å². The molecule has 6 heterocycles. The number of anilines is 1. The molecule has 2 unspecified atom stereocenters. The fraction of sp³-hybridized carbons (Fsp3) is 0.667. The summed E-state index contributed by atoms with van der Waals surface area (Å²) in [5.41, 5.74) is 15.2. The van der Waals surface area contributed by atoms with Gasteiger partial charge in [0.25, 0.3) is 13.6 Å². The summed E-state index contributed by atoms with van der Waals surface area (Å²) in [7, 11) is -10.8. The summed E-state index contributed by atoms with van der Waals surface area (Å²) in [6.45, 7) is -1.71. The number of nitrogen functional groups attached to an aromatic ring is 1. The van der Waals surface area contributed by atoms with Gasteiger partial charge in [-0.2, -0.15) is 0 Å². The predicted octanol–water partition coefficient (Wildman–Crippen LogP) is -2.17. The number of fused-ring (bicyclic) bond motifs is 7. The molecule has 0 aromatic carbocycles. The van der Waals surface area contributed by atoms with Gasteiger partial charge in [0.2, 0.25) is 17.9 Å². The zero-order valence-corrected chi connectivity index (χ0v) is 21.3. The molecule has 8 bridgehead atoms. The average molecular weight is 598 g/mol. The lowest BCUT2D eigenvalue weighted by atomic mass is 10.1. The van der Waals surface area contributed by atoms with Gasteiger partial charge in [-0.05, 0) is 10.6 Å². The Hall–Kier alpha value is -1.93. The van der Waals surface area contributed by atoms with Crippen LogP contribution in [0, 0.1) is 0 Å². The number of azide groups is 1. The molecule has 0 saturated carbocycles. The SMILES string of the molecule is [N-]=[N+]=Nc1nc2c(N)[n+]3cnc2n1[C@@H]1O[C@H](COP(=O)(O)OP(=O)([O-])OC[C@H]2S[C@@H]3[C@H](O)[C@@H]2O)[C@@H](O)[C@H]1O. The summed E-state index contributed by atoms with van der Waals surface area (Å²) in [5, 5.41) is 43.5. The molecule has 20 nitrogen and oxygen atoms in total. The Balaban J connectivity index is 1.64. The van der Waals surface area contributed by atoms with Crippen molar-refractivity contribution in [3.8, 4) is 0 Å². The van der Waals surface area contributed by atoms with E-state index >= 15 is 0 Å². The van der Waals surface area contributed by atoms with Crippen molar-refractivity contribution in [2.24, 2.45) is 5.11 Å². The van der Waals surface area contributed by atoms with E-state index < -0.39 is 76.2 Å². The van der Waals surface area contributed by atoms with Crippen LogP contribution in [-0.4, -0.2) is 88.8 Å². The molecule has 2 aromatic heterocycles. The number of imidazole rings is 1. The molecular weight excluding hydrogens is 578 g/mol. The van der Waals surface area contributed by atoms with Crippen LogP contribution in [0.1, 0.15) is 11.6 Å². The van der Waals surface area contributed by atoms with E-state index in [4.69, 9.17) is 16.0 Å². The van der Waals surface area contributed by atoms with Crippen molar-refractivity contribution in [1.82, 2.24) is 14.5 Å². The van der Waals surface area contributed by atoms with Gasteiger partial charge in [-0.15, -0.1) is 11.8 Å². The third-order valence-corrected chi connectivity index (χ3v) is 10.1. The highest BCUT2D eigenvalue weighted by molar-refractivity contribution is 8.00. The number of aromatic nitrogens is 4. The number of ether oxygens (including phenoxy) is 1. The number of phosphoric acid groups is 2. The minimum Gasteiger partial charge on any atom is -0.756 e. The second-order valence-corrected chi connectivity index (χ2v) is 12.7. The van der Waals surface area contributed by atoms with Gasteiger partial charge >= 0.3 is 7.82 Å². The fourth-order valence-electron chi connectivity index (χ4n) is 4.24. The molecule has 0 amide bonds. The maximum absolute atomic E-state index is 12.2. The lowest BCUT2D eigenvalue weighted by Crippen LogP contribution is -2.47. The van der Waals surface area contributed by atoms with E-state index in [-0.39, 0.29) is 22.9 Å². The molecule has 0 spiro atoms. The zero-order chi connectivity index (χ0) is 27.6. The predicted molar refractivity (Wildman–Crippen MR) is 120 cm³/mol. The highest BCUT2D eigenvalue weighted by Gasteiger charge is 2.49. The van der Waals surface area contributed by atoms with E-state index in [0.717, 1.165) is 22.7 Å². The third kappa shape index (κ3) is 4.80. The second kappa shape index (κ2) is 9.92. The number of aliphatic hydroxyl groups excluding tert-OH is 4. The standard InChI is InChI=1S/C15H20N8O12P2S/c16-11-6-12-18-3-22(11)14-10(27)8(25)5(38-14)2-33-37(30,31)35-36(28,29)32-1-4-7(24)9(26)13(34-4)23(12)15(19-6)20-21-17/h3-5,7-10,13-14,16,24-27H,1-2H2,(H2,28,29,30,31)/t4-,5-,7-,8-,9-,10-,13-,14-/m1/s1. The minimum atomic E-state index is -5.49. The maximum Gasteiger partial charge on any atom is 0.478 e. The van der Waals surface area contributed by atoms with E-state index in [1.165, 1.54) is 4.57 Å². The quantitative estimate of drug-likeness (QED) is 0.0669. The van der Waals surface area contributed by atoms with Crippen LogP contribution in [0.15, 0.2) is 11.4 Å². The third-order valence-electron chi connectivity index (χ3n) is 6.03. The number of aliphatic hydroxyl groups is 4. The summed E-state index contributed by atoms with van der Waals surface area (Å²) < 4.78 is 45.6. The summed E-state index contributed by atoms with van der Waals surface area (Å²) in [4.78, 5) is 33.1. The van der Waals surface area contributed by atoms with Crippen molar-refractivity contribution in [2.75, 3.05) is 18.9 Å². The van der Waals surface area contributed by atoms with E-state index in [1.807, 2.05) is 0 Å². The number of nitrogens with zero attached hydrogens (tertiary/aromatic N) is 7. The largest absolute Gasteiger partial charge is 0.756 e. The summed E-state index contributed by atoms with van der Waals surface area (Å²) in [5.74, 6) is -0.508. The first kappa shape index (κ1) is 27.6. The highest BCUT2D eigenvalue weighted by Crippen LogP contribution is 2.59. The normalized spacial score (nSPS) is 41.7. The van der Waals surface area contributed by atoms with Crippen LogP contribution in [0.2, 0.25) is 0 Å². The molecule has 208 valence electrons. The van der Waals surface area contributed by atoms with Crippen molar-refractivity contribution in [3.63, 3.8) is 0 Å². The number of hydrogen-bond acceptors (Lipinski definition) is 16. The lowest BCUT2D eigenvalue weighted by Gasteiger charge is -2.26. The molecular formula is C15H20N8O12P2S. The molecule has 2 aromatic rings. The topological polar surface area (TPSA) is 305 Å². The fourth-order valence-corrected chi connectivity index (χ4v) is 7.85. The molecule has 0 radical (unpaired) electrons. The number of thioether (sulfide) groups is 1. The van der Waals surface area contributed by atoms with Crippen molar-refractivity contribution in [2.45, 2.75) is 47.4 Å². The second-order valence-electron chi connectivity index (χ2n) is 8.36. The van der Waals surface area contributed by atoms with Crippen molar-refractivity contribution in [1.29, 1.82) is 0 Å². The first-order valence-corrected chi connectivity index (χ1v) is 14.5. The smallest absolute Gasteiger partial charge is 0.478 e. The molecule has 4 aliphatic rings. The van der Waals surface area contributed by atoms with Gasteiger partial charge in [0.1, 0.15) is 24.4 Å². The minimum absolute atomic E-state index is 0.0681. The number of rotatable bonds is 1. The average Bonchev–Trinajstić information content (AvgIpc) is 3.44. The Morgan fingerprint density at radius 3 is 2.66 bits per heavy atom. The molecule has 38 heavy (non-hydrogen) atoms. The Morgan fingerprint density at radius 1 is 1.21 bits per heavy atom. The van der Waals surface area contributed by atoms with Gasteiger partial charge in [0.15, 0.2) is 17.1 Å². The summed E-state index contributed by atoms with van der Waals surface area (Å²) in [6, 6.07) is 0. The van der Waals surface area contributed by atoms with Crippen LogP contribution >= 0.6 is 27.4 Å². The summed E-state index contributed by atoms with van der Waals surface area (Å²) >= 11 is 0.848. The summed E-state index contributed by atoms with van der Waals surface area (Å²) in [6.07, 6.45) is -8.43. The van der Waals surface area contributed by atoms with Gasteiger partial charge in [0.05, 0.1) is 24.6 Å². The van der Waals surface area contributed by atoms with E-state index in [9.17, 15) is 39.3 Å². The molecule has 2 saturated heterocycles. The Labute approximate surface area is 215 Å². The lowest BCUT2D eigenvalue weighted by molar-refractivity contribution is -0.694. The van der Waals surface area contributed by atoms with Gasteiger partial charge in [-0.1, -0.05) is 4.98 Å². The van der Waals surface area contributed by atoms with Crippen LogP contribution in [0.5, 0.6) is 0 Å².